The molecular weight excluding hydrogens is 385 g/mol. The van der Waals surface area contributed by atoms with Crippen LogP contribution in [0.1, 0.15) is 11.3 Å². The van der Waals surface area contributed by atoms with Gasteiger partial charge >= 0.3 is 6.18 Å². The molecule has 3 aromatic rings. The Morgan fingerprint density at radius 1 is 1.15 bits per heavy atom. The second-order valence-corrected chi connectivity index (χ2v) is 7.33. The van der Waals surface area contributed by atoms with E-state index in [4.69, 9.17) is 0 Å². The van der Waals surface area contributed by atoms with Crippen LogP contribution in [0.4, 0.5) is 18.9 Å². The Balaban J connectivity index is 1.86. The average Bonchev–Trinajstić information content (AvgIpc) is 2.93. The molecule has 0 radical (unpaired) electrons. The predicted octanol–water partition coefficient (Wildman–Crippen LogP) is 2.69. The van der Waals surface area contributed by atoms with Crippen molar-refractivity contribution in [3.63, 3.8) is 0 Å². The predicted molar refractivity (Wildman–Crippen MR) is 91.2 cm³/mol. The van der Waals surface area contributed by atoms with Crippen molar-refractivity contribution < 1.29 is 21.6 Å². The lowest BCUT2D eigenvalue weighted by atomic mass is 10.2. The monoisotopic (exact) mass is 398 g/mol. The largest absolute Gasteiger partial charge is 0.416 e. The molecule has 11 heteroatoms. The van der Waals surface area contributed by atoms with Crippen LogP contribution in [0.25, 0.3) is 5.82 Å². The van der Waals surface area contributed by atoms with Crippen molar-refractivity contribution in [2.24, 2.45) is 0 Å². The molecule has 0 fully saturated rings. The van der Waals surface area contributed by atoms with Crippen LogP contribution in [0.2, 0.25) is 0 Å². The van der Waals surface area contributed by atoms with Crippen LogP contribution < -0.4 is 10.3 Å². The molecule has 27 heavy (non-hydrogen) atoms. The number of alkyl halides is 3. The molecule has 2 N–H and O–H groups in total. The van der Waals surface area contributed by atoms with E-state index >= 15 is 0 Å². The van der Waals surface area contributed by atoms with Crippen LogP contribution in [-0.4, -0.2) is 23.2 Å². The number of nitrogens with zero attached hydrogens (tertiary/aromatic N) is 2. The van der Waals surface area contributed by atoms with E-state index in [0.29, 0.717) is 11.8 Å². The first-order valence-electron chi connectivity index (χ1n) is 7.51. The van der Waals surface area contributed by atoms with Gasteiger partial charge in [-0.25, -0.2) is 18.1 Å². The third kappa shape index (κ3) is 4.03. The molecule has 2 aromatic heterocycles. The van der Waals surface area contributed by atoms with Gasteiger partial charge in [-0.1, -0.05) is 6.07 Å². The maximum atomic E-state index is 12.8. The number of benzene rings is 1. The zero-order valence-electron chi connectivity index (χ0n) is 13.8. The molecule has 0 aliphatic carbocycles. The average molecular weight is 398 g/mol. The third-order valence-corrected chi connectivity index (χ3v) is 4.93. The summed E-state index contributed by atoms with van der Waals surface area (Å²) in [4.78, 5) is 15.2. The summed E-state index contributed by atoms with van der Waals surface area (Å²) in [7, 11) is -4.24. The molecule has 0 unspecified atom stereocenters. The smallest absolute Gasteiger partial charge is 0.294 e. The van der Waals surface area contributed by atoms with Gasteiger partial charge in [0.15, 0.2) is 5.82 Å². The minimum atomic E-state index is -4.66. The highest BCUT2D eigenvalue weighted by Crippen LogP contribution is 2.30. The van der Waals surface area contributed by atoms with Gasteiger partial charge in [-0.05, 0) is 37.3 Å². The van der Waals surface area contributed by atoms with Gasteiger partial charge in [0.1, 0.15) is 0 Å². The second-order valence-electron chi connectivity index (χ2n) is 5.65. The van der Waals surface area contributed by atoms with Gasteiger partial charge in [-0.15, -0.1) is 0 Å². The number of pyridine rings is 1. The number of aryl methyl sites for hydroxylation is 1. The van der Waals surface area contributed by atoms with E-state index in [2.05, 4.69) is 14.8 Å². The Kier molecular flexibility index (Phi) is 4.56. The summed E-state index contributed by atoms with van der Waals surface area (Å²) in [6, 6.07) is 7.50. The van der Waals surface area contributed by atoms with Crippen LogP contribution in [0.5, 0.6) is 0 Å². The summed E-state index contributed by atoms with van der Waals surface area (Å²) < 4.78 is 66.3. The van der Waals surface area contributed by atoms with E-state index in [0.717, 1.165) is 24.4 Å². The number of hydrogen-bond donors (Lipinski definition) is 2. The minimum Gasteiger partial charge on any atom is -0.294 e. The molecule has 0 atom stereocenters. The highest BCUT2D eigenvalue weighted by molar-refractivity contribution is 7.92. The number of sulfonamides is 1. The Labute approximate surface area is 151 Å². The fourth-order valence-electron chi connectivity index (χ4n) is 2.32. The SMILES string of the molecule is Cc1cc(=O)n(-c2ccc(NS(=O)(=O)c3cccc(C(F)(F)F)c3)cn2)[nH]1. The van der Waals surface area contributed by atoms with Gasteiger partial charge in [0, 0.05) is 11.8 Å². The lowest BCUT2D eigenvalue weighted by Gasteiger charge is -2.11. The molecule has 2 heterocycles. The van der Waals surface area contributed by atoms with Gasteiger partial charge in [-0.3, -0.25) is 14.6 Å². The number of nitrogens with one attached hydrogen (secondary N) is 2. The molecule has 0 spiro atoms. The van der Waals surface area contributed by atoms with Crippen molar-refractivity contribution in [1.82, 2.24) is 14.8 Å². The topological polar surface area (TPSA) is 96.8 Å². The first-order chi connectivity index (χ1) is 12.6. The van der Waals surface area contributed by atoms with Gasteiger partial charge < -0.3 is 0 Å². The van der Waals surface area contributed by atoms with Crippen LogP contribution in [0.15, 0.2) is 58.4 Å². The van der Waals surface area contributed by atoms with E-state index < -0.39 is 26.7 Å². The molecule has 0 aliphatic rings. The van der Waals surface area contributed by atoms with Crippen molar-refractivity contribution in [2.45, 2.75) is 18.0 Å². The molecule has 0 bridgehead atoms. The zero-order chi connectivity index (χ0) is 19.8. The lowest BCUT2D eigenvalue weighted by molar-refractivity contribution is -0.137. The maximum absolute atomic E-state index is 12.8. The number of rotatable bonds is 4. The summed E-state index contributed by atoms with van der Waals surface area (Å²) in [5, 5.41) is 2.77. The number of aromatic amines is 1. The molecular formula is C16H13F3N4O3S. The van der Waals surface area contributed by atoms with E-state index in [1.165, 1.54) is 22.9 Å². The van der Waals surface area contributed by atoms with Crippen LogP contribution in [-0.2, 0) is 16.2 Å². The number of anilines is 1. The van der Waals surface area contributed by atoms with E-state index in [-0.39, 0.29) is 17.1 Å². The normalized spacial score (nSPS) is 12.1. The van der Waals surface area contributed by atoms with Crippen molar-refractivity contribution in [1.29, 1.82) is 0 Å². The standard InChI is InChI=1S/C16H13F3N4O3S/c1-10-7-15(24)23(21-10)14-6-5-12(9-20-14)22-27(25,26)13-4-2-3-11(8-13)16(17,18)19/h2-9,21-22H,1H3. The lowest BCUT2D eigenvalue weighted by Crippen LogP contribution is -2.16. The van der Waals surface area contributed by atoms with E-state index in [9.17, 15) is 26.4 Å². The summed E-state index contributed by atoms with van der Waals surface area (Å²) >= 11 is 0. The quantitative estimate of drug-likeness (QED) is 0.706. The summed E-state index contributed by atoms with van der Waals surface area (Å²) in [6.07, 6.45) is -3.50. The van der Waals surface area contributed by atoms with Crippen LogP contribution in [0.3, 0.4) is 0 Å². The highest BCUT2D eigenvalue weighted by atomic mass is 32.2. The number of aromatic nitrogens is 3. The van der Waals surface area contributed by atoms with Gasteiger partial charge in [0.25, 0.3) is 15.6 Å². The number of halogens is 3. The van der Waals surface area contributed by atoms with Crippen LogP contribution in [0, 0.1) is 6.92 Å². The van der Waals surface area contributed by atoms with E-state index in [1.54, 1.807) is 6.92 Å². The number of H-pyrrole nitrogens is 1. The minimum absolute atomic E-state index is 0.0347. The highest BCUT2D eigenvalue weighted by Gasteiger charge is 2.31. The molecule has 7 nitrogen and oxygen atoms in total. The zero-order valence-corrected chi connectivity index (χ0v) is 14.6. The first kappa shape index (κ1) is 18.7. The van der Waals surface area contributed by atoms with Crippen molar-refractivity contribution in [2.75, 3.05) is 4.72 Å². The number of hydrogen-bond acceptors (Lipinski definition) is 4. The summed E-state index contributed by atoms with van der Waals surface area (Å²) in [5.74, 6) is 0.232. The summed E-state index contributed by atoms with van der Waals surface area (Å²) in [5.41, 5.74) is -0.749. The maximum Gasteiger partial charge on any atom is 0.416 e. The molecule has 1 aromatic carbocycles. The van der Waals surface area contributed by atoms with Gasteiger partial charge in [0.2, 0.25) is 0 Å². The van der Waals surface area contributed by atoms with Gasteiger partial charge in [0.05, 0.1) is 22.3 Å². The Morgan fingerprint density at radius 2 is 1.89 bits per heavy atom. The molecule has 142 valence electrons. The van der Waals surface area contributed by atoms with Crippen molar-refractivity contribution in [3.8, 4) is 5.82 Å². The summed E-state index contributed by atoms with van der Waals surface area (Å²) in [6.45, 7) is 1.69. The Morgan fingerprint density at radius 3 is 2.44 bits per heavy atom. The Bertz CT molecular complexity index is 1130. The second kappa shape index (κ2) is 6.58. The van der Waals surface area contributed by atoms with Crippen LogP contribution >= 0.6 is 0 Å². The van der Waals surface area contributed by atoms with Crippen molar-refractivity contribution >= 4 is 15.7 Å². The molecule has 0 saturated carbocycles. The Hall–Kier alpha value is -3.08. The van der Waals surface area contributed by atoms with Crippen molar-refractivity contribution in [3.05, 3.63) is 70.3 Å². The fraction of sp³-hybridized carbons (Fsp3) is 0.125. The van der Waals surface area contributed by atoms with Gasteiger partial charge in [-0.2, -0.15) is 13.2 Å². The van der Waals surface area contributed by atoms with E-state index in [1.807, 2.05) is 0 Å². The molecule has 0 amide bonds. The molecule has 3 rings (SSSR count). The third-order valence-electron chi connectivity index (χ3n) is 3.55. The first-order valence-corrected chi connectivity index (χ1v) is 9.00. The molecule has 0 aliphatic heterocycles. The molecule has 0 saturated heterocycles. The fourth-order valence-corrected chi connectivity index (χ4v) is 3.40.